The summed E-state index contributed by atoms with van der Waals surface area (Å²) in [6.45, 7) is 3.70. The van der Waals surface area contributed by atoms with Gasteiger partial charge in [0.15, 0.2) is 0 Å². The lowest BCUT2D eigenvalue weighted by Crippen LogP contribution is -2.47. The molecule has 0 aliphatic carbocycles. The number of carbonyl (C=O) groups excluding carboxylic acids is 2. The fraction of sp³-hybridized carbons (Fsp3) is 0.360. The number of benzene rings is 2. The molecule has 2 aromatic rings. The highest BCUT2D eigenvalue weighted by Gasteiger charge is 2.42. The fourth-order valence-corrected chi connectivity index (χ4v) is 4.35. The van der Waals surface area contributed by atoms with E-state index in [2.05, 4.69) is 21.9 Å². The van der Waals surface area contributed by atoms with Crippen LogP contribution in [0.1, 0.15) is 12.0 Å². The topological polar surface area (TPSA) is 62.3 Å². The Morgan fingerprint density at radius 2 is 1.47 bits per heavy atom. The molecule has 168 valence electrons. The van der Waals surface area contributed by atoms with Crippen LogP contribution in [0.2, 0.25) is 0 Å². The van der Waals surface area contributed by atoms with Gasteiger partial charge in [-0.25, -0.2) is 0 Å². The zero-order chi connectivity index (χ0) is 22.5. The third-order valence-electron chi connectivity index (χ3n) is 5.97. The number of amides is 2. The number of imide groups is 1. The molecule has 1 fully saturated rings. The Morgan fingerprint density at radius 1 is 0.812 bits per heavy atom. The van der Waals surface area contributed by atoms with E-state index in [9.17, 15) is 9.59 Å². The molecule has 1 saturated heterocycles. The first-order valence-corrected chi connectivity index (χ1v) is 10.9. The second kappa shape index (κ2) is 9.87. The summed E-state index contributed by atoms with van der Waals surface area (Å²) in [5.41, 5.74) is 2.73. The van der Waals surface area contributed by atoms with Gasteiger partial charge in [-0.3, -0.25) is 14.5 Å². The van der Waals surface area contributed by atoms with Gasteiger partial charge in [-0.05, 0) is 24.6 Å². The van der Waals surface area contributed by atoms with Gasteiger partial charge in [0.05, 0.1) is 12.7 Å². The van der Waals surface area contributed by atoms with Crippen molar-refractivity contribution in [1.29, 1.82) is 0 Å². The summed E-state index contributed by atoms with van der Waals surface area (Å²) >= 11 is 0. The molecule has 32 heavy (non-hydrogen) atoms. The summed E-state index contributed by atoms with van der Waals surface area (Å²) in [7, 11) is 3.19. The molecule has 2 heterocycles. The van der Waals surface area contributed by atoms with Gasteiger partial charge in [-0.1, -0.05) is 36.4 Å². The van der Waals surface area contributed by atoms with E-state index in [-0.39, 0.29) is 11.8 Å². The minimum Gasteiger partial charge on any atom is -0.496 e. The third kappa shape index (κ3) is 4.21. The molecule has 4 rings (SSSR count). The Hall–Kier alpha value is -3.32. The molecule has 0 aromatic heterocycles. The van der Waals surface area contributed by atoms with Crippen LogP contribution in [0.5, 0.6) is 5.75 Å². The number of hydrogen-bond donors (Lipinski definition) is 0. The standard InChI is InChI=1S/C25H29N3O4/c1-31-18-8-13-28-24(29)22(20-11-6-7-12-21(20)32-2)23(25(28)30)27-16-14-26(15-17-27)19-9-4-3-5-10-19/h3-7,9-12H,8,13-18H2,1-2H3. The second-order valence-electron chi connectivity index (χ2n) is 7.84. The van der Waals surface area contributed by atoms with Gasteiger partial charge >= 0.3 is 0 Å². The summed E-state index contributed by atoms with van der Waals surface area (Å²) in [6, 6.07) is 17.6. The molecular weight excluding hydrogens is 406 g/mol. The largest absolute Gasteiger partial charge is 0.496 e. The number of methoxy groups -OCH3 is 2. The van der Waals surface area contributed by atoms with Gasteiger partial charge in [0.1, 0.15) is 11.4 Å². The lowest BCUT2D eigenvalue weighted by Gasteiger charge is -2.37. The summed E-state index contributed by atoms with van der Waals surface area (Å²) in [5.74, 6) is 0.0825. The van der Waals surface area contributed by atoms with Gasteiger partial charge < -0.3 is 19.3 Å². The molecule has 2 aromatic carbocycles. The van der Waals surface area contributed by atoms with Crippen molar-refractivity contribution in [3.63, 3.8) is 0 Å². The molecule has 0 bridgehead atoms. The van der Waals surface area contributed by atoms with Crippen molar-refractivity contribution in [2.75, 3.05) is 58.5 Å². The Kier molecular flexibility index (Phi) is 6.75. The number of anilines is 1. The molecular formula is C25H29N3O4. The average Bonchev–Trinajstić information content (AvgIpc) is 3.09. The van der Waals surface area contributed by atoms with E-state index in [1.165, 1.54) is 10.6 Å². The van der Waals surface area contributed by atoms with Crippen LogP contribution in [-0.2, 0) is 14.3 Å². The number of rotatable bonds is 8. The molecule has 0 atom stereocenters. The average molecular weight is 436 g/mol. The first kappa shape index (κ1) is 21.9. The van der Waals surface area contributed by atoms with E-state index >= 15 is 0 Å². The van der Waals surface area contributed by atoms with Gasteiger partial charge in [0.25, 0.3) is 11.8 Å². The van der Waals surface area contributed by atoms with Crippen LogP contribution in [0, 0.1) is 0 Å². The minimum absolute atomic E-state index is 0.236. The Labute approximate surface area is 188 Å². The molecule has 2 aliphatic heterocycles. The SMILES string of the molecule is COCCCN1C(=O)C(c2ccccc2OC)=C(N2CCN(c3ccccc3)CC2)C1=O. The van der Waals surface area contributed by atoms with Gasteiger partial charge in [0, 0.05) is 57.7 Å². The quantitative estimate of drug-likeness (QED) is 0.469. The van der Waals surface area contributed by atoms with Crippen LogP contribution in [0.3, 0.4) is 0 Å². The maximum Gasteiger partial charge on any atom is 0.277 e. The molecule has 2 amide bonds. The highest BCUT2D eigenvalue weighted by Crippen LogP contribution is 2.36. The summed E-state index contributed by atoms with van der Waals surface area (Å²) < 4.78 is 10.6. The van der Waals surface area contributed by atoms with E-state index in [4.69, 9.17) is 9.47 Å². The maximum absolute atomic E-state index is 13.5. The van der Waals surface area contributed by atoms with Gasteiger partial charge in [-0.15, -0.1) is 0 Å². The summed E-state index contributed by atoms with van der Waals surface area (Å²) in [4.78, 5) is 32.6. The molecule has 0 radical (unpaired) electrons. The number of piperazine rings is 1. The Bertz CT molecular complexity index is 997. The monoisotopic (exact) mass is 435 g/mol. The highest BCUT2D eigenvalue weighted by molar-refractivity contribution is 6.36. The molecule has 2 aliphatic rings. The third-order valence-corrected chi connectivity index (χ3v) is 5.97. The Balaban J connectivity index is 1.64. The Morgan fingerprint density at radius 3 is 2.16 bits per heavy atom. The van der Waals surface area contributed by atoms with E-state index < -0.39 is 0 Å². The summed E-state index contributed by atoms with van der Waals surface area (Å²) in [6.07, 6.45) is 0.599. The summed E-state index contributed by atoms with van der Waals surface area (Å²) in [5, 5.41) is 0. The van der Waals surface area contributed by atoms with Crippen molar-refractivity contribution in [1.82, 2.24) is 9.80 Å². The molecule has 7 heteroatoms. The molecule has 0 unspecified atom stereocenters. The van der Waals surface area contributed by atoms with Crippen LogP contribution < -0.4 is 9.64 Å². The van der Waals surface area contributed by atoms with Gasteiger partial charge in [-0.2, -0.15) is 0 Å². The van der Waals surface area contributed by atoms with Crippen molar-refractivity contribution in [3.8, 4) is 5.75 Å². The predicted molar refractivity (Wildman–Crippen MR) is 123 cm³/mol. The predicted octanol–water partition coefficient (Wildman–Crippen LogP) is 2.63. The van der Waals surface area contributed by atoms with Crippen LogP contribution >= 0.6 is 0 Å². The van der Waals surface area contributed by atoms with Crippen molar-refractivity contribution < 1.29 is 19.1 Å². The number of ether oxygens (including phenoxy) is 2. The van der Waals surface area contributed by atoms with Crippen LogP contribution in [0.15, 0.2) is 60.3 Å². The number of para-hydroxylation sites is 2. The van der Waals surface area contributed by atoms with Crippen LogP contribution in [0.4, 0.5) is 5.69 Å². The lowest BCUT2D eigenvalue weighted by molar-refractivity contribution is -0.137. The maximum atomic E-state index is 13.5. The molecule has 7 nitrogen and oxygen atoms in total. The molecule has 0 N–H and O–H groups in total. The van der Waals surface area contributed by atoms with Crippen molar-refractivity contribution in [2.24, 2.45) is 0 Å². The highest BCUT2D eigenvalue weighted by atomic mass is 16.5. The van der Waals surface area contributed by atoms with Crippen molar-refractivity contribution in [2.45, 2.75) is 6.42 Å². The normalized spacial score (nSPS) is 16.9. The van der Waals surface area contributed by atoms with E-state index in [0.717, 1.165) is 13.1 Å². The first-order chi connectivity index (χ1) is 15.7. The molecule has 0 saturated carbocycles. The smallest absolute Gasteiger partial charge is 0.277 e. The van der Waals surface area contributed by atoms with E-state index in [1.54, 1.807) is 14.2 Å². The van der Waals surface area contributed by atoms with Crippen LogP contribution in [0.25, 0.3) is 5.57 Å². The second-order valence-corrected chi connectivity index (χ2v) is 7.84. The zero-order valence-corrected chi connectivity index (χ0v) is 18.6. The number of nitrogens with zero attached hydrogens (tertiary/aromatic N) is 3. The van der Waals surface area contributed by atoms with E-state index in [0.29, 0.717) is 55.2 Å². The zero-order valence-electron chi connectivity index (χ0n) is 18.6. The fourth-order valence-electron chi connectivity index (χ4n) is 4.35. The molecule has 0 spiro atoms. The number of hydrogen-bond acceptors (Lipinski definition) is 6. The van der Waals surface area contributed by atoms with Crippen molar-refractivity contribution in [3.05, 3.63) is 65.9 Å². The lowest BCUT2D eigenvalue weighted by atomic mass is 10.0. The van der Waals surface area contributed by atoms with E-state index in [1.807, 2.05) is 42.5 Å². The number of carbonyl (C=O) groups is 2. The van der Waals surface area contributed by atoms with Crippen LogP contribution in [-0.4, -0.2) is 75.2 Å². The van der Waals surface area contributed by atoms with Gasteiger partial charge in [0.2, 0.25) is 0 Å². The van der Waals surface area contributed by atoms with Crippen molar-refractivity contribution >= 4 is 23.1 Å². The first-order valence-electron chi connectivity index (χ1n) is 10.9. The minimum atomic E-state index is -0.268.